The number of anilines is 2. The van der Waals surface area contributed by atoms with Gasteiger partial charge < -0.3 is 5.32 Å². The highest BCUT2D eigenvalue weighted by molar-refractivity contribution is 7.92. The zero-order valence-corrected chi connectivity index (χ0v) is 17.3. The van der Waals surface area contributed by atoms with Crippen LogP contribution in [0.4, 0.5) is 17.1 Å². The summed E-state index contributed by atoms with van der Waals surface area (Å²) in [6, 6.07) is 15.3. The molecule has 11 heteroatoms. The number of hydrogen-bond acceptors (Lipinski definition) is 5. The third-order valence-corrected chi connectivity index (χ3v) is 5.97. The molecule has 3 aromatic carbocycles. The summed E-state index contributed by atoms with van der Waals surface area (Å²) >= 11 is 11.9. The molecule has 0 saturated heterocycles. The summed E-state index contributed by atoms with van der Waals surface area (Å²) in [7, 11) is -3.88. The molecule has 0 aromatic heterocycles. The lowest BCUT2D eigenvalue weighted by molar-refractivity contribution is -0.384. The van der Waals surface area contributed by atoms with Gasteiger partial charge in [-0.15, -0.1) is 0 Å². The van der Waals surface area contributed by atoms with Crippen LogP contribution in [0.2, 0.25) is 10.0 Å². The molecule has 0 radical (unpaired) electrons. The molecule has 0 fully saturated rings. The van der Waals surface area contributed by atoms with Gasteiger partial charge in [0, 0.05) is 17.8 Å². The quantitative estimate of drug-likeness (QED) is 0.394. The van der Waals surface area contributed by atoms with Gasteiger partial charge in [0.15, 0.2) is 0 Å². The van der Waals surface area contributed by atoms with E-state index in [1.807, 2.05) is 0 Å². The highest BCUT2D eigenvalue weighted by Gasteiger charge is 2.17. The van der Waals surface area contributed by atoms with Crippen LogP contribution in [0.25, 0.3) is 0 Å². The topological polar surface area (TPSA) is 118 Å². The van der Waals surface area contributed by atoms with E-state index in [1.54, 1.807) is 18.2 Å². The average Bonchev–Trinajstić information content (AvgIpc) is 2.69. The first kappa shape index (κ1) is 21.6. The number of non-ortho nitro benzene ring substituents is 1. The van der Waals surface area contributed by atoms with Gasteiger partial charge in [-0.2, -0.15) is 0 Å². The molecule has 0 aliphatic rings. The summed E-state index contributed by atoms with van der Waals surface area (Å²) in [6.45, 7) is 0. The average molecular weight is 466 g/mol. The molecule has 0 aliphatic heterocycles. The number of amides is 1. The predicted octanol–water partition coefficient (Wildman–Crippen LogP) is 4.95. The fourth-order valence-electron chi connectivity index (χ4n) is 2.47. The van der Waals surface area contributed by atoms with Crippen LogP contribution < -0.4 is 10.0 Å². The minimum atomic E-state index is -3.88. The van der Waals surface area contributed by atoms with E-state index in [4.69, 9.17) is 23.2 Å². The van der Waals surface area contributed by atoms with Gasteiger partial charge in [-0.3, -0.25) is 19.6 Å². The van der Waals surface area contributed by atoms with Crippen molar-refractivity contribution in [3.05, 3.63) is 92.5 Å². The van der Waals surface area contributed by atoms with Gasteiger partial charge in [-0.25, -0.2) is 8.42 Å². The highest BCUT2D eigenvalue weighted by Crippen LogP contribution is 2.26. The van der Waals surface area contributed by atoms with Gasteiger partial charge in [0.25, 0.3) is 21.6 Å². The SMILES string of the molecule is O=C(Nc1ccc(S(=O)(=O)Nc2ccccc2Cl)cc1)c1ccc([N+](=O)[O-])cc1Cl. The summed E-state index contributed by atoms with van der Waals surface area (Å²) < 4.78 is 27.4. The van der Waals surface area contributed by atoms with Crippen molar-refractivity contribution in [1.82, 2.24) is 0 Å². The Hall–Kier alpha value is -3.14. The fraction of sp³-hybridized carbons (Fsp3) is 0. The molecule has 3 rings (SSSR count). The van der Waals surface area contributed by atoms with E-state index < -0.39 is 20.9 Å². The molecule has 3 aromatic rings. The van der Waals surface area contributed by atoms with Crippen molar-refractivity contribution in [2.75, 3.05) is 10.0 Å². The fourth-order valence-corrected chi connectivity index (χ4v) is 4.04. The normalized spacial score (nSPS) is 11.0. The number of rotatable bonds is 6. The Morgan fingerprint density at radius 3 is 2.20 bits per heavy atom. The van der Waals surface area contributed by atoms with Crippen LogP contribution in [0.5, 0.6) is 0 Å². The van der Waals surface area contributed by atoms with Crippen LogP contribution in [0, 0.1) is 10.1 Å². The lowest BCUT2D eigenvalue weighted by Crippen LogP contribution is -2.14. The monoisotopic (exact) mass is 465 g/mol. The number of nitrogens with zero attached hydrogens (tertiary/aromatic N) is 1. The Morgan fingerprint density at radius 2 is 1.60 bits per heavy atom. The predicted molar refractivity (Wildman–Crippen MR) is 115 cm³/mol. The molecule has 2 N–H and O–H groups in total. The largest absolute Gasteiger partial charge is 0.322 e. The van der Waals surface area contributed by atoms with Crippen molar-refractivity contribution < 1.29 is 18.1 Å². The van der Waals surface area contributed by atoms with Gasteiger partial charge in [0.05, 0.1) is 31.1 Å². The summed E-state index contributed by atoms with van der Waals surface area (Å²) in [5.74, 6) is -0.598. The third-order valence-electron chi connectivity index (χ3n) is 3.95. The number of nitro benzene ring substituents is 1. The summed E-state index contributed by atoms with van der Waals surface area (Å²) in [4.78, 5) is 22.5. The van der Waals surface area contributed by atoms with E-state index >= 15 is 0 Å². The van der Waals surface area contributed by atoms with Crippen molar-refractivity contribution in [3.8, 4) is 0 Å². The number of benzene rings is 3. The van der Waals surface area contributed by atoms with E-state index in [0.717, 1.165) is 12.1 Å². The van der Waals surface area contributed by atoms with Crippen LogP contribution in [0.1, 0.15) is 10.4 Å². The van der Waals surface area contributed by atoms with Crippen molar-refractivity contribution in [2.24, 2.45) is 0 Å². The first-order valence-electron chi connectivity index (χ1n) is 8.30. The van der Waals surface area contributed by atoms with Crippen LogP contribution in [-0.4, -0.2) is 19.2 Å². The number of halogens is 2. The van der Waals surface area contributed by atoms with E-state index in [2.05, 4.69) is 10.0 Å². The number of hydrogen-bond donors (Lipinski definition) is 2. The zero-order valence-electron chi connectivity index (χ0n) is 15.0. The van der Waals surface area contributed by atoms with Crippen molar-refractivity contribution in [1.29, 1.82) is 0 Å². The summed E-state index contributed by atoms with van der Waals surface area (Å²) in [5, 5.41) is 13.5. The lowest BCUT2D eigenvalue weighted by Gasteiger charge is -2.11. The Kier molecular flexibility index (Phi) is 6.25. The van der Waals surface area contributed by atoms with E-state index in [-0.39, 0.29) is 31.9 Å². The maximum absolute atomic E-state index is 12.5. The van der Waals surface area contributed by atoms with Crippen LogP contribution in [0.3, 0.4) is 0 Å². The zero-order chi connectivity index (χ0) is 21.9. The Balaban J connectivity index is 1.75. The van der Waals surface area contributed by atoms with Gasteiger partial charge in [0.2, 0.25) is 0 Å². The minimum absolute atomic E-state index is 0.0335. The molecule has 154 valence electrons. The lowest BCUT2D eigenvalue weighted by atomic mass is 10.2. The van der Waals surface area contributed by atoms with Crippen LogP contribution in [-0.2, 0) is 10.0 Å². The molecule has 0 aliphatic carbocycles. The van der Waals surface area contributed by atoms with Gasteiger partial charge in [-0.1, -0.05) is 35.3 Å². The second kappa shape index (κ2) is 8.70. The maximum Gasteiger partial charge on any atom is 0.270 e. The number of nitro groups is 1. The number of sulfonamides is 1. The van der Waals surface area contributed by atoms with Crippen molar-refractivity contribution >= 4 is 56.2 Å². The smallest absolute Gasteiger partial charge is 0.270 e. The molecule has 1 amide bonds. The van der Waals surface area contributed by atoms with Crippen molar-refractivity contribution in [2.45, 2.75) is 4.90 Å². The first-order valence-corrected chi connectivity index (χ1v) is 10.5. The van der Waals surface area contributed by atoms with Crippen LogP contribution in [0.15, 0.2) is 71.6 Å². The second-order valence-electron chi connectivity index (χ2n) is 5.99. The van der Waals surface area contributed by atoms with E-state index in [1.165, 1.54) is 36.4 Å². The third kappa shape index (κ3) is 4.88. The number of nitrogens with one attached hydrogen (secondary N) is 2. The molecule has 0 heterocycles. The maximum atomic E-state index is 12.5. The van der Waals surface area contributed by atoms with Gasteiger partial charge in [0.1, 0.15) is 0 Å². The molecule has 0 saturated carbocycles. The minimum Gasteiger partial charge on any atom is -0.322 e. The molecular formula is C19H13Cl2N3O5S. The van der Waals surface area contributed by atoms with Crippen LogP contribution >= 0.6 is 23.2 Å². The van der Waals surface area contributed by atoms with E-state index in [0.29, 0.717) is 5.69 Å². The Morgan fingerprint density at radius 1 is 0.933 bits per heavy atom. The summed E-state index contributed by atoms with van der Waals surface area (Å²) in [5.41, 5.74) is 0.354. The molecule has 30 heavy (non-hydrogen) atoms. The molecular weight excluding hydrogens is 453 g/mol. The standard InChI is InChI=1S/C19H13Cl2N3O5S/c20-16-3-1-2-4-18(16)23-30(28,29)14-8-5-12(6-9-14)22-19(25)15-10-7-13(24(26)27)11-17(15)21/h1-11,23H,(H,22,25). The Labute approximate surface area is 181 Å². The number of carbonyl (C=O) groups excluding carboxylic acids is 1. The molecule has 0 spiro atoms. The number of para-hydroxylation sites is 1. The van der Waals surface area contributed by atoms with Gasteiger partial charge in [-0.05, 0) is 42.5 Å². The first-order chi connectivity index (χ1) is 14.2. The molecule has 0 unspecified atom stereocenters. The van der Waals surface area contributed by atoms with Crippen molar-refractivity contribution in [3.63, 3.8) is 0 Å². The van der Waals surface area contributed by atoms with E-state index in [9.17, 15) is 23.3 Å². The Bertz CT molecular complexity index is 1230. The molecule has 0 bridgehead atoms. The van der Waals surface area contributed by atoms with Gasteiger partial charge >= 0.3 is 0 Å². The molecule has 8 nitrogen and oxygen atoms in total. The summed E-state index contributed by atoms with van der Waals surface area (Å²) in [6.07, 6.45) is 0. The number of carbonyl (C=O) groups is 1. The second-order valence-corrected chi connectivity index (χ2v) is 8.48. The molecule has 0 atom stereocenters. The highest BCUT2D eigenvalue weighted by atomic mass is 35.5.